The monoisotopic (exact) mass is 662 g/mol. The van der Waals surface area contributed by atoms with E-state index in [0.29, 0.717) is 44.0 Å². The molecular formula is C36H50N6O6. The van der Waals surface area contributed by atoms with Gasteiger partial charge in [-0.15, -0.1) is 0 Å². The maximum absolute atomic E-state index is 13.7. The first-order valence-electron chi connectivity index (χ1n) is 17.3. The van der Waals surface area contributed by atoms with E-state index in [2.05, 4.69) is 22.5 Å². The van der Waals surface area contributed by atoms with Crippen LogP contribution in [0.4, 0.5) is 0 Å². The van der Waals surface area contributed by atoms with E-state index in [1.54, 1.807) is 12.1 Å². The molecule has 260 valence electrons. The van der Waals surface area contributed by atoms with Gasteiger partial charge < -0.3 is 21.7 Å². The minimum absolute atomic E-state index is 0.0166. The lowest BCUT2D eigenvalue weighted by molar-refractivity contribution is -0.140. The Bertz CT molecular complexity index is 1410. The molecule has 1 aliphatic carbocycles. The number of imide groups is 1. The molecule has 1 saturated carbocycles. The van der Waals surface area contributed by atoms with Gasteiger partial charge in [0.1, 0.15) is 12.3 Å². The fraction of sp³-hybridized carbons (Fsp3) is 0.611. The molecule has 0 radical (unpaired) electrons. The highest BCUT2D eigenvalue weighted by Gasteiger charge is 2.36. The highest BCUT2D eigenvalue weighted by molar-refractivity contribution is 6.00. The number of primary amides is 1. The summed E-state index contributed by atoms with van der Waals surface area (Å²) in [5.74, 6) is 5.41. The van der Waals surface area contributed by atoms with Gasteiger partial charge in [0, 0.05) is 50.0 Å². The van der Waals surface area contributed by atoms with Crippen LogP contribution in [-0.2, 0) is 30.5 Å². The van der Waals surface area contributed by atoms with Gasteiger partial charge in [-0.1, -0.05) is 43.2 Å². The number of carbonyl (C=O) groups is 6. The Balaban J connectivity index is 1.31. The Morgan fingerprint density at radius 3 is 2.50 bits per heavy atom. The summed E-state index contributed by atoms with van der Waals surface area (Å²) >= 11 is 0. The van der Waals surface area contributed by atoms with Crippen LogP contribution in [0.25, 0.3) is 0 Å². The van der Waals surface area contributed by atoms with Crippen molar-refractivity contribution >= 4 is 35.8 Å². The van der Waals surface area contributed by atoms with Crippen LogP contribution in [-0.4, -0.2) is 83.9 Å². The number of rotatable bonds is 13. The van der Waals surface area contributed by atoms with Crippen molar-refractivity contribution in [2.75, 3.05) is 20.1 Å². The van der Waals surface area contributed by atoms with E-state index in [0.717, 1.165) is 68.8 Å². The Kier molecular flexibility index (Phi) is 13.7. The van der Waals surface area contributed by atoms with Crippen LogP contribution in [0.5, 0.6) is 0 Å². The summed E-state index contributed by atoms with van der Waals surface area (Å²) in [6.45, 7) is 1.57. The van der Waals surface area contributed by atoms with Crippen LogP contribution in [0.15, 0.2) is 18.2 Å². The van der Waals surface area contributed by atoms with E-state index in [-0.39, 0.29) is 42.9 Å². The molecule has 5 amide bonds. The molecule has 12 nitrogen and oxygen atoms in total. The molecule has 0 bridgehead atoms. The van der Waals surface area contributed by atoms with E-state index in [4.69, 9.17) is 11.5 Å². The van der Waals surface area contributed by atoms with Crippen LogP contribution < -0.4 is 22.1 Å². The van der Waals surface area contributed by atoms with E-state index >= 15 is 0 Å². The van der Waals surface area contributed by atoms with Crippen molar-refractivity contribution in [1.29, 1.82) is 0 Å². The average Bonchev–Trinajstić information content (AvgIpc) is 3.08. The molecule has 3 fully saturated rings. The Hall–Kier alpha value is -4.08. The van der Waals surface area contributed by atoms with Gasteiger partial charge in [-0.25, -0.2) is 0 Å². The summed E-state index contributed by atoms with van der Waals surface area (Å²) in [6, 6.07) is 3.44. The molecule has 0 spiro atoms. The fourth-order valence-corrected chi connectivity index (χ4v) is 7.08. The average molecular weight is 663 g/mol. The molecule has 0 aromatic heterocycles. The predicted molar refractivity (Wildman–Crippen MR) is 180 cm³/mol. The lowest BCUT2D eigenvalue weighted by atomic mass is 9.82. The number of carbonyl (C=O) groups excluding carboxylic acids is 6. The molecule has 3 aliphatic rings. The van der Waals surface area contributed by atoms with Gasteiger partial charge in [0.25, 0.3) is 0 Å². The zero-order valence-corrected chi connectivity index (χ0v) is 28.0. The zero-order valence-electron chi connectivity index (χ0n) is 28.0. The van der Waals surface area contributed by atoms with Gasteiger partial charge in [-0.05, 0) is 75.5 Å². The minimum Gasteiger partial charge on any atom is -0.370 e. The third-order valence-electron chi connectivity index (χ3n) is 10.0. The van der Waals surface area contributed by atoms with Crippen molar-refractivity contribution in [3.05, 3.63) is 34.9 Å². The second-order valence-electron chi connectivity index (χ2n) is 13.5. The molecule has 1 aromatic rings. The van der Waals surface area contributed by atoms with Crippen molar-refractivity contribution in [2.45, 2.75) is 108 Å². The highest BCUT2D eigenvalue weighted by atomic mass is 16.2. The second-order valence-corrected chi connectivity index (χ2v) is 13.5. The summed E-state index contributed by atoms with van der Waals surface area (Å²) in [6.07, 6.45) is 9.85. The van der Waals surface area contributed by atoms with Crippen LogP contribution in [0.1, 0.15) is 105 Å². The van der Waals surface area contributed by atoms with Crippen LogP contribution >= 0.6 is 0 Å². The van der Waals surface area contributed by atoms with E-state index in [1.165, 1.54) is 0 Å². The number of nitrogens with zero attached hydrogens (tertiary/aromatic N) is 2. The summed E-state index contributed by atoms with van der Waals surface area (Å²) in [5, 5.41) is 5.33. The minimum atomic E-state index is -0.897. The van der Waals surface area contributed by atoms with E-state index in [1.807, 2.05) is 22.9 Å². The normalized spacial score (nSPS) is 20.3. The van der Waals surface area contributed by atoms with Crippen molar-refractivity contribution in [3.63, 3.8) is 0 Å². The molecule has 12 heteroatoms. The third-order valence-corrected chi connectivity index (χ3v) is 10.0. The third kappa shape index (κ3) is 10.2. The zero-order chi connectivity index (χ0) is 34.6. The SMILES string of the molecule is CN(Cc1c(C#CCCC2CCN(C(=O)C(NC(=O)C(N)CCC(N)=O)C3CCCCC3)CC2)cccc1C=O)C1CCC(=O)NC1=O. The molecule has 6 N–H and O–H groups in total. The first kappa shape index (κ1) is 36.8. The van der Waals surface area contributed by atoms with Gasteiger partial charge in [0.2, 0.25) is 29.5 Å². The number of nitrogens with two attached hydrogens (primary N) is 2. The van der Waals surface area contributed by atoms with Crippen LogP contribution in [0, 0.1) is 23.7 Å². The number of likely N-dealkylation sites (tertiary alicyclic amines) is 1. The maximum atomic E-state index is 13.7. The Morgan fingerprint density at radius 1 is 1.10 bits per heavy atom. The number of hydrogen-bond acceptors (Lipinski definition) is 8. The Labute approximate surface area is 283 Å². The highest BCUT2D eigenvalue weighted by Crippen LogP contribution is 2.29. The molecule has 3 unspecified atom stereocenters. The van der Waals surface area contributed by atoms with Crippen molar-refractivity contribution in [1.82, 2.24) is 20.4 Å². The summed E-state index contributed by atoms with van der Waals surface area (Å²) < 4.78 is 0. The number of amides is 5. The van der Waals surface area contributed by atoms with Crippen molar-refractivity contribution in [3.8, 4) is 11.8 Å². The van der Waals surface area contributed by atoms with Gasteiger partial charge in [-0.3, -0.25) is 39.0 Å². The number of hydrogen-bond donors (Lipinski definition) is 4. The number of likely N-dealkylation sites (N-methyl/N-ethyl adjacent to an activating group) is 1. The van der Waals surface area contributed by atoms with Gasteiger partial charge in [-0.2, -0.15) is 0 Å². The molecule has 48 heavy (non-hydrogen) atoms. The summed E-state index contributed by atoms with van der Waals surface area (Å²) in [7, 11) is 1.81. The molecule has 2 aliphatic heterocycles. The van der Waals surface area contributed by atoms with Crippen LogP contribution in [0.3, 0.4) is 0 Å². The molecule has 3 atom stereocenters. The smallest absolute Gasteiger partial charge is 0.245 e. The quantitative estimate of drug-likeness (QED) is 0.140. The number of piperidine rings is 2. The van der Waals surface area contributed by atoms with E-state index in [9.17, 15) is 28.8 Å². The van der Waals surface area contributed by atoms with Gasteiger partial charge in [0.05, 0.1) is 12.1 Å². The predicted octanol–water partition coefficient (Wildman–Crippen LogP) is 1.76. The van der Waals surface area contributed by atoms with Gasteiger partial charge in [0.15, 0.2) is 0 Å². The standard InChI is InChI=1S/C36H50N6O6/c1-41(30-15-17-32(45)39-35(30)47)22-28-25(12-7-13-27(28)23-43)9-6-5-8-24-18-20-42(21-19-24)36(48)33(26-10-3-2-4-11-26)40-34(46)29(37)14-16-31(38)44/h7,12-13,23-24,26,29-30,33H,2-5,8,10-11,14-22,37H2,1H3,(H2,38,44)(H,40,46)(H,39,45,47). The summed E-state index contributed by atoms with van der Waals surface area (Å²) in [5.41, 5.74) is 13.3. The lowest BCUT2D eigenvalue weighted by Gasteiger charge is -2.38. The molecule has 2 saturated heterocycles. The summed E-state index contributed by atoms with van der Waals surface area (Å²) in [4.78, 5) is 77.3. The van der Waals surface area contributed by atoms with Crippen LogP contribution in [0.2, 0.25) is 0 Å². The van der Waals surface area contributed by atoms with Crippen molar-refractivity contribution in [2.24, 2.45) is 23.3 Å². The largest absolute Gasteiger partial charge is 0.370 e. The maximum Gasteiger partial charge on any atom is 0.245 e. The van der Waals surface area contributed by atoms with Crippen molar-refractivity contribution < 1.29 is 28.8 Å². The first-order valence-corrected chi connectivity index (χ1v) is 17.3. The lowest BCUT2D eigenvalue weighted by Crippen LogP contribution is -2.57. The number of benzene rings is 1. The topological polar surface area (TPSA) is 185 Å². The molecule has 4 rings (SSSR count). The molecule has 1 aromatic carbocycles. The van der Waals surface area contributed by atoms with Gasteiger partial charge >= 0.3 is 0 Å². The number of aldehydes is 1. The van der Waals surface area contributed by atoms with E-state index < -0.39 is 29.9 Å². The Morgan fingerprint density at radius 2 is 1.83 bits per heavy atom. The first-order chi connectivity index (χ1) is 23.1. The second kappa shape index (κ2) is 17.9. The molecular weight excluding hydrogens is 612 g/mol. The number of nitrogens with one attached hydrogen (secondary N) is 2. The molecule has 2 heterocycles. The fourth-order valence-electron chi connectivity index (χ4n) is 7.08.